The molecule has 0 heterocycles. The molecule has 0 rings (SSSR count). The molecule has 5 nitrogen and oxygen atoms in total. The van der Waals surface area contributed by atoms with E-state index in [0.717, 1.165) is 19.3 Å². The summed E-state index contributed by atoms with van der Waals surface area (Å²) >= 11 is 0. The van der Waals surface area contributed by atoms with Gasteiger partial charge in [0.25, 0.3) is 10.1 Å². The summed E-state index contributed by atoms with van der Waals surface area (Å²) < 4.78 is 34.5. The van der Waals surface area contributed by atoms with Crippen LogP contribution in [0.2, 0.25) is 0 Å². The quantitative estimate of drug-likeness (QED) is 0.165. The molecule has 0 aliphatic carbocycles. The molecule has 0 aromatic carbocycles. The molecule has 7 heteroatoms. The zero-order valence-corrected chi connectivity index (χ0v) is 19.8. The van der Waals surface area contributed by atoms with E-state index in [1.165, 1.54) is 70.6 Å². The number of carbonyl (C=O) groups is 1. The van der Waals surface area contributed by atoms with Crippen molar-refractivity contribution in [2.75, 3.05) is 12.4 Å². The van der Waals surface area contributed by atoms with Gasteiger partial charge in [0.05, 0.1) is 18.8 Å². The van der Waals surface area contributed by atoms with E-state index in [1.807, 2.05) is 0 Å². The standard InChI is InChI=1S/C19H38O5S.Na.H/c1-2-3-4-5-6-7-8-9-10-11-12-13-14-15-17-24-19(20)16-18-25(21,22)23;;/h2-18H2,1H3,(H,21,22,23);;/q;+1;-1. The van der Waals surface area contributed by atoms with Crippen LogP contribution in [0.5, 0.6) is 0 Å². The third-order valence-corrected chi connectivity index (χ3v) is 5.05. The average molecular weight is 403 g/mol. The number of hydrogen-bond acceptors (Lipinski definition) is 4. The van der Waals surface area contributed by atoms with Gasteiger partial charge in [-0.2, -0.15) is 8.42 Å². The molecule has 1 N–H and O–H groups in total. The van der Waals surface area contributed by atoms with Gasteiger partial charge in [0.2, 0.25) is 0 Å². The van der Waals surface area contributed by atoms with Gasteiger partial charge in [-0.3, -0.25) is 9.35 Å². The SMILES string of the molecule is CCCCCCCCCCCCCCCCOC(=O)CCS(=O)(=O)O.[H-].[Na+]. The molecule has 0 aromatic heterocycles. The Morgan fingerprint density at radius 1 is 0.808 bits per heavy atom. The summed E-state index contributed by atoms with van der Waals surface area (Å²) in [5.41, 5.74) is 0. The minimum absolute atomic E-state index is 0. The van der Waals surface area contributed by atoms with Crippen molar-refractivity contribution in [2.24, 2.45) is 0 Å². The summed E-state index contributed by atoms with van der Waals surface area (Å²) in [6, 6.07) is 0. The summed E-state index contributed by atoms with van der Waals surface area (Å²) in [5.74, 6) is -1.13. The first-order chi connectivity index (χ1) is 12.0. The Balaban J connectivity index is -0.00000288. The van der Waals surface area contributed by atoms with Crippen LogP contribution in [-0.4, -0.2) is 31.3 Å². The average Bonchev–Trinajstić information content (AvgIpc) is 2.56. The monoisotopic (exact) mass is 402 g/mol. The summed E-state index contributed by atoms with van der Waals surface area (Å²) in [6.07, 6.45) is 17.5. The maximum Gasteiger partial charge on any atom is 1.00 e. The summed E-state index contributed by atoms with van der Waals surface area (Å²) in [7, 11) is -4.08. The molecule has 0 bridgehead atoms. The molecular formula is C19H39NaO5S. The van der Waals surface area contributed by atoms with Crippen LogP contribution in [0.25, 0.3) is 0 Å². The van der Waals surface area contributed by atoms with Gasteiger partial charge in [-0.25, -0.2) is 0 Å². The van der Waals surface area contributed by atoms with E-state index in [4.69, 9.17) is 9.29 Å². The third-order valence-electron chi connectivity index (χ3n) is 4.33. The second kappa shape index (κ2) is 20.1. The van der Waals surface area contributed by atoms with Gasteiger partial charge in [-0.15, -0.1) is 0 Å². The van der Waals surface area contributed by atoms with Crippen LogP contribution < -0.4 is 29.6 Å². The zero-order chi connectivity index (χ0) is 18.8. The van der Waals surface area contributed by atoms with Crippen LogP contribution in [0.3, 0.4) is 0 Å². The van der Waals surface area contributed by atoms with Crippen molar-refractivity contribution in [3.05, 3.63) is 0 Å². The maximum atomic E-state index is 11.2. The van der Waals surface area contributed by atoms with Gasteiger partial charge < -0.3 is 6.16 Å². The Kier molecular flexibility index (Phi) is 22.1. The number of unbranched alkanes of at least 4 members (excludes halogenated alkanes) is 13. The van der Waals surface area contributed by atoms with Gasteiger partial charge in [0.1, 0.15) is 0 Å². The van der Waals surface area contributed by atoms with E-state index < -0.39 is 21.8 Å². The van der Waals surface area contributed by atoms with E-state index in [9.17, 15) is 13.2 Å². The number of hydrogen-bond donors (Lipinski definition) is 1. The van der Waals surface area contributed by atoms with Crippen molar-refractivity contribution in [2.45, 2.75) is 103 Å². The predicted octanol–water partition coefficient (Wildman–Crippen LogP) is 2.41. The topological polar surface area (TPSA) is 80.7 Å². The molecule has 0 spiro atoms. The predicted molar refractivity (Wildman–Crippen MR) is 103 cm³/mol. The first kappa shape index (κ1) is 28.6. The van der Waals surface area contributed by atoms with Crippen molar-refractivity contribution < 1.29 is 53.5 Å². The first-order valence-electron chi connectivity index (χ1n) is 10.1. The molecular weight excluding hydrogens is 363 g/mol. The van der Waals surface area contributed by atoms with Gasteiger partial charge in [-0.05, 0) is 6.42 Å². The number of esters is 1. The maximum absolute atomic E-state index is 11.2. The Morgan fingerprint density at radius 2 is 1.19 bits per heavy atom. The second-order valence-corrected chi connectivity index (χ2v) is 8.42. The van der Waals surface area contributed by atoms with Crippen LogP contribution in [0.4, 0.5) is 0 Å². The number of ether oxygens (including phenoxy) is 1. The molecule has 0 amide bonds. The Hall–Kier alpha value is 0.380. The molecule has 0 atom stereocenters. The van der Waals surface area contributed by atoms with Gasteiger partial charge in [0.15, 0.2) is 0 Å². The van der Waals surface area contributed by atoms with Crippen molar-refractivity contribution in [1.82, 2.24) is 0 Å². The molecule has 0 radical (unpaired) electrons. The Bertz CT molecular complexity index is 418. The fourth-order valence-corrected chi connectivity index (χ4v) is 3.19. The first-order valence-corrected chi connectivity index (χ1v) is 11.7. The van der Waals surface area contributed by atoms with Gasteiger partial charge >= 0.3 is 35.5 Å². The summed E-state index contributed by atoms with van der Waals surface area (Å²) in [4.78, 5) is 11.2. The molecule has 0 unspecified atom stereocenters. The largest absolute Gasteiger partial charge is 1.00 e. The second-order valence-electron chi connectivity index (χ2n) is 6.85. The minimum Gasteiger partial charge on any atom is -1.00 e. The van der Waals surface area contributed by atoms with Gasteiger partial charge in [0, 0.05) is 0 Å². The normalized spacial score (nSPS) is 11.2. The van der Waals surface area contributed by atoms with Crippen LogP contribution in [0.15, 0.2) is 0 Å². The molecule has 26 heavy (non-hydrogen) atoms. The number of rotatable bonds is 18. The molecule has 0 saturated carbocycles. The fraction of sp³-hybridized carbons (Fsp3) is 0.947. The zero-order valence-electron chi connectivity index (χ0n) is 18.0. The van der Waals surface area contributed by atoms with Gasteiger partial charge in [-0.1, -0.05) is 90.4 Å². The van der Waals surface area contributed by atoms with E-state index in [-0.39, 0.29) is 37.4 Å². The third kappa shape index (κ3) is 24.4. The van der Waals surface area contributed by atoms with E-state index in [0.29, 0.717) is 6.61 Å². The van der Waals surface area contributed by atoms with Crippen LogP contribution >= 0.6 is 0 Å². The van der Waals surface area contributed by atoms with Crippen molar-refractivity contribution in [3.63, 3.8) is 0 Å². The van der Waals surface area contributed by atoms with E-state index in [2.05, 4.69) is 6.92 Å². The number of carbonyl (C=O) groups excluding carboxylic acids is 1. The van der Waals surface area contributed by atoms with Crippen molar-refractivity contribution in [1.29, 1.82) is 0 Å². The molecule has 0 aliphatic heterocycles. The molecule has 0 saturated heterocycles. The van der Waals surface area contributed by atoms with Crippen LogP contribution in [-0.2, 0) is 19.6 Å². The van der Waals surface area contributed by atoms with Crippen molar-refractivity contribution >= 4 is 16.1 Å². The minimum atomic E-state index is -4.08. The smallest absolute Gasteiger partial charge is 1.00 e. The Labute approximate surface area is 184 Å². The fourth-order valence-electron chi connectivity index (χ4n) is 2.77. The van der Waals surface area contributed by atoms with Crippen molar-refractivity contribution in [3.8, 4) is 0 Å². The van der Waals surface area contributed by atoms with Crippen LogP contribution in [0.1, 0.15) is 105 Å². The van der Waals surface area contributed by atoms with E-state index >= 15 is 0 Å². The summed E-state index contributed by atoms with van der Waals surface area (Å²) in [6.45, 7) is 2.59. The molecule has 0 aliphatic rings. The molecule has 0 fully saturated rings. The Morgan fingerprint density at radius 3 is 1.58 bits per heavy atom. The van der Waals surface area contributed by atoms with Crippen LogP contribution in [0, 0.1) is 0 Å². The molecule has 0 aromatic rings. The molecule has 152 valence electrons. The van der Waals surface area contributed by atoms with E-state index in [1.54, 1.807) is 0 Å². The summed E-state index contributed by atoms with van der Waals surface area (Å²) in [5, 5.41) is 0.